The van der Waals surface area contributed by atoms with E-state index in [0.29, 0.717) is 12.8 Å². The lowest BCUT2D eigenvalue weighted by molar-refractivity contribution is -0.134. The van der Waals surface area contributed by atoms with E-state index in [2.05, 4.69) is 18.2 Å². The normalized spacial score (nSPS) is 19.2. The minimum Gasteiger partial charge on any atom is -0.299 e. The van der Waals surface area contributed by atoms with E-state index in [0.717, 1.165) is 30.2 Å². The number of carbonyl (C=O) groups excluding carboxylic acids is 2. The Morgan fingerprint density at radius 2 is 1.85 bits per heavy atom. The first-order valence-corrected chi connectivity index (χ1v) is 7.27. The van der Waals surface area contributed by atoms with Crippen LogP contribution in [0, 0.1) is 5.92 Å². The van der Waals surface area contributed by atoms with Crippen molar-refractivity contribution in [2.45, 2.75) is 32.1 Å². The van der Waals surface area contributed by atoms with E-state index in [-0.39, 0.29) is 17.5 Å². The molecule has 0 aliphatic heterocycles. The average molecular weight is 266 g/mol. The summed E-state index contributed by atoms with van der Waals surface area (Å²) in [6, 6.07) is 14.2. The van der Waals surface area contributed by atoms with Gasteiger partial charge in [-0.2, -0.15) is 0 Å². The Bertz CT molecular complexity index is 657. The predicted molar refractivity (Wildman–Crippen MR) is 79.6 cm³/mol. The number of fused-ring (bicyclic) bond motifs is 1. The standard InChI is InChI=1S/C18H18O2/c19-17-8-4-3-7-16(17)18(20)12-13-9-10-14-5-1-2-6-15(14)11-13/h1-2,5-6,9-11,16H,3-4,7-8,12H2. The zero-order valence-electron chi connectivity index (χ0n) is 11.5. The van der Waals surface area contributed by atoms with Gasteiger partial charge < -0.3 is 0 Å². The third-order valence-electron chi connectivity index (χ3n) is 4.14. The van der Waals surface area contributed by atoms with E-state index in [9.17, 15) is 9.59 Å². The molecule has 1 fully saturated rings. The van der Waals surface area contributed by atoms with Crippen molar-refractivity contribution in [1.82, 2.24) is 0 Å². The first-order chi connectivity index (χ1) is 9.74. The fourth-order valence-electron chi connectivity index (χ4n) is 3.00. The number of rotatable bonds is 3. The second-order valence-electron chi connectivity index (χ2n) is 5.59. The minimum atomic E-state index is -0.352. The highest BCUT2D eigenvalue weighted by Crippen LogP contribution is 2.23. The molecule has 20 heavy (non-hydrogen) atoms. The SMILES string of the molecule is O=C1CCCCC1C(=O)Cc1ccc2ccccc2c1. The van der Waals surface area contributed by atoms with Gasteiger partial charge >= 0.3 is 0 Å². The third kappa shape index (κ3) is 2.64. The van der Waals surface area contributed by atoms with Crippen LogP contribution < -0.4 is 0 Å². The van der Waals surface area contributed by atoms with Crippen LogP contribution in [0.1, 0.15) is 31.2 Å². The number of ketones is 2. The van der Waals surface area contributed by atoms with Crippen LogP contribution in [0.3, 0.4) is 0 Å². The predicted octanol–water partition coefficient (Wildman–Crippen LogP) is 3.71. The van der Waals surface area contributed by atoms with Gasteiger partial charge in [-0.05, 0) is 29.2 Å². The van der Waals surface area contributed by atoms with Gasteiger partial charge in [-0.25, -0.2) is 0 Å². The molecule has 2 aromatic carbocycles. The molecule has 1 aliphatic rings. The maximum atomic E-state index is 12.3. The molecule has 2 nitrogen and oxygen atoms in total. The fraction of sp³-hybridized carbons (Fsp3) is 0.333. The van der Waals surface area contributed by atoms with Gasteiger partial charge in [-0.1, -0.05) is 48.9 Å². The van der Waals surface area contributed by atoms with Crippen molar-refractivity contribution in [2.75, 3.05) is 0 Å². The van der Waals surface area contributed by atoms with Crippen molar-refractivity contribution in [3.05, 3.63) is 48.0 Å². The van der Waals surface area contributed by atoms with Gasteiger partial charge in [0.05, 0.1) is 5.92 Å². The third-order valence-corrected chi connectivity index (χ3v) is 4.14. The second-order valence-corrected chi connectivity index (χ2v) is 5.59. The minimum absolute atomic E-state index is 0.0879. The van der Waals surface area contributed by atoms with Crippen molar-refractivity contribution in [2.24, 2.45) is 5.92 Å². The highest BCUT2D eigenvalue weighted by Gasteiger charge is 2.28. The Balaban J connectivity index is 1.78. The Labute approximate surface area is 118 Å². The lowest BCUT2D eigenvalue weighted by Crippen LogP contribution is -2.28. The van der Waals surface area contributed by atoms with Crippen molar-refractivity contribution >= 4 is 22.3 Å². The van der Waals surface area contributed by atoms with Crippen LogP contribution in [0.4, 0.5) is 0 Å². The molecule has 0 aromatic heterocycles. The summed E-state index contributed by atoms with van der Waals surface area (Å²) >= 11 is 0. The fourth-order valence-corrected chi connectivity index (χ4v) is 3.00. The molecule has 1 unspecified atom stereocenters. The van der Waals surface area contributed by atoms with Crippen molar-refractivity contribution < 1.29 is 9.59 Å². The maximum Gasteiger partial charge on any atom is 0.147 e. The van der Waals surface area contributed by atoms with E-state index in [4.69, 9.17) is 0 Å². The van der Waals surface area contributed by atoms with Gasteiger partial charge in [0.15, 0.2) is 0 Å². The Kier molecular flexibility index (Phi) is 3.64. The van der Waals surface area contributed by atoms with Gasteiger partial charge in [0, 0.05) is 12.8 Å². The quantitative estimate of drug-likeness (QED) is 0.794. The molecule has 0 N–H and O–H groups in total. The summed E-state index contributed by atoms with van der Waals surface area (Å²) in [6.07, 6.45) is 3.64. The van der Waals surface area contributed by atoms with E-state index < -0.39 is 0 Å². The molecule has 2 heteroatoms. The Hall–Kier alpha value is -1.96. The lowest BCUT2D eigenvalue weighted by Gasteiger charge is -2.19. The molecule has 0 heterocycles. The van der Waals surface area contributed by atoms with Crippen LogP contribution in [0.2, 0.25) is 0 Å². The summed E-state index contributed by atoms with van der Waals surface area (Å²) < 4.78 is 0. The molecule has 0 radical (unpaired) electrons. The van der Waals surface area contributed by atoms with Gasteiger partial charge in [0.1, 0.15) is 11.6 Å². The Morgan fingerprint density at radius 1 is 1.05 bits per heavy atom. The molecule has 0 amide bonds. The summed E-state index contributed by atoms with van der Waals surface area (Å²) in [7, 11) is 0. The highest BCUT2D eigenvalue weighted by molar-refractivity contribution is 6.03. The van der Waals surface area contributed by atoms with Crippen molar-refractivity contribution in [1.29, 1.82) is 0 Å². The molecule has 2 aromatic rings. The summed E-state index contributed by atoms with van der Waals surface area (Å²) in [6.45, 7) is 0. The van der Waals surface area contributed by atoms with E-state index in [1.54, 1.807) is 0 Å². The van der Waals surface area contributed by atoms with Crippen LogP contribution in [-0.2, 0) is 16.0 Å². The number of hydrogen-bond donors (Lipinski definition) is 0. The highest BCUT2D eigenvalue weighted by atomic mass is 16.1. The molecule has 0 saturated heterocycles. The Morgan fingerprint density at radius 3 is 2.65 bits per heavy atom. The molecular formula is C18H18O2. The maximum absolute atomic E-state index is 12.3. The summed E-state index contributed by atoms with van der Waals surface area (Å²) in [5.41, 5.74) is 1.01. The monoisotopic (exact) mass is 266 g/mol. The van der Waals surface area contributed by atoms with Crippen LogP contribution in [0.25, 0.3) is 10.8 Å². The van der Waals surface area contributed by atoms with Crippen LogP contribution >= 0.6 is 0 Å². The second kappa shape index (κ2) is 5.58. The van der Waals surface area contributed by atoms with Crippen molar-refractivity contribution in [3.8, 4) is 0 Å². The van der Waals surface area contributed by atoms with Crippen LogP contribution in [0.5, 0.6) is 0 Å². The van der Waals surface area contributed by atoms with E-state index in [1.165, 1.54) is 5.39 Å². The van der Waals surface area contributed by atoms with E-state index >= 15 is 0 Å². The van der Waals surface area contributed by atoms with E-state index in [1.807, 2.05) is 24.3 Å². The number of hydrogen-bond acceptors (Lipinski definition) is 2. The molecule has 0 bridgehead atoms. The van der Waals surface area contributed by atoms with Crippen LogP contribution in [0.15, 0.2) is 42.5 Å². The van der Waals surface area contributed by atoms with Crippen molar-refractivity contribution in [3.63, 3.8) is 0 Å². The van der Waals surface area contributed by atoms with Gasteiger partial charge in [0.25, 0.3) is 0 Å². The molecule has 1 aliphatic carbocycles. The molecule has 1 saturated carbocycles. The smallest absolute Gasteiger partial charge is 0.147 e. The van der Waals surface area contributed by atoms with Gasteiger partial charge in [0.2, 0.25) is 0 Å². The topological polar surface area (TPSA) is 34.1 Å². The molecule has 102 valence electrons. The zero-order valence-corrected chi connectivity index (χ0v) is 11.5. The van der Waals surface area contributed by atoms with Gasteiger partial charge in [-0.15, -0.1) is 0 Å². The average Bonchev–Trinajstić information content (AvgIpc) is 2.47. The summed E-state index contributed by atoms with van der Waals surface area (Å²) in [5, 5.41) is 2.32. The zero-order chi connectivity index (χ0) is 13.9. The number of carbonyl (C=O) groups is 2. The molecular weight excluding hydrogens is 248 g/mol. The lowest BCUT2D eigenvalue weighted by atomic mass is 9.83. The largest absolute Gasteiger partial charge is 0.299 e. The number of Topliss-reactive ketones (excluding diaryl/α,β-unsaturated/α-hetero) is 2. The number of benzene rings is 2. The van der Waals surface area contributed by atoms with Crippen LogP contribution in [-0.4, -0.2) is 11.6 Å². The first-order valence-electron chi connectivity index (χ1n) is 7.27. The van der Waals surface area contributed by atoms with Gasteiger partial charge in [-0.3, -0.25) is 9.59 Å². The first kappa shape index (κ1) is 13.0. The summed E-state index contributed by atoms with van der Waals surface area (Å²) in [5.74, 6) is -0.123. The molecule has 1 atom stereocenters. The summed E-state index contributed by atoms with van der Waals surface area (Å²) in [4.78, 5) is 24.1. The molecule has 0 spiro atoms. The molecule has 3 rings (SSSR count).